The van der Waals surface area contributed by atoms with Crippen LogP contribution in [0.2, 0.25) is 10.0 Å². The minimum absolute atomic E-state index is 0.253. The molecule has 0 aliphatic carbocycles. The van der Waals surface area contributed by atoms with Crippen LogP contribution in [0.5, 0.6) is 0 Å². The molecular formula is C19H14Cl2N2OS. The average Bonchev–Trinajstić information content (AvgIpc) is 2.95. The van der Waals surface area contributed by atoms with E-state index in [2.05, 4.69) is 10.3 Å². The van der Waals surface area contributed by atoms with Gasteiger partial charge in [-0.3, -0.25) is 10.1 Å². The number of nitrogens with one attached hydrogen (secondary N) is 1. The summed E-state index contributed by atoms with van der Waals surface area (Å²) in [5.74, 6) is -0.253. The molecule has 6 heteroatoms. The maximum Gasteiger partial charge on any atom is 0.250 e. The molecule has 126 valence electrons. The van der Waals surface area contributed by atoms with Crippen LogP contribution in [-0.2, 0) is 4.79 Å². The van der Waals surface area contributed by atoms with Crippen LogP contribution in [0.3, 0.4) is 0 Å². The quantitative estimate of drug-likeness (QED) is 0.550. The number of hydrogen-bond donors (Lipinski definition) is 1. The Morgan fingerprint density at radius 2 is 1.84 bits per heavy atom. The Kier molecular flexibility index (Phi) is 5.53. The van der Waals surface area contributed by atoms with E-state index in [4.69, 9.17) is 23.2 Å². The smallest absolute Gasteiger partial charge is 0.250 e. The van der Waals surface area contributed by atoms with Crippen LogP contribution >= 0.6 is 34.5 Å². The zero-order valence-corrected chi connectivity index (χ0v) is 15.6. The molecule has 1 N–H and O–H groups in total. The van der Waals surface area contributed by atoms with Gasteiger partial charge in [0.2, 0.25) is 5.91 Å². The lowest BCUT2D eigenvalue weighted by molar-refractivity contribution is -0.111. The number of benzene rings is 2. The first-order chi connectivity index (χ1) is 12.0. The topological polar surface area (TPSA) is 42.0 Å². The van der Waals surface area contributed by atoms with E-state index in [-0.39, 0.29) is 5.91 Å². The van der Waals surface area contributed by atoms with E-state index in [1.54, 1.807) is 12.1 Å². The molecule has 0 spiro atoms. The molecule has 0 aliphatic heterocycles. The molecule has 0 bridgehead atoms. The SMILES string of the molecule is Cc1sc(NC(=O)C=Cc2ccccc2Cl)nc1-c1ccc(Cl)cc1. The molecule has 0 radical (unpaired) electrons. The molecular weight excluding hydrogens is 375 g/mol. The van der Waals surface area contributed by atoms with Gasteiger partial charge in [-0.25, -0.2) is 4.98 Å². The second-order valence-corrected chi connectivity index (χ2v) is 7.32. The summed E-state index contributed by atoms with van der Waals surface area (Å²) in [6, 6.07) is 14.8. The fourth-order valence-corrected chi connectivity index (χ4v) is 3.41. The minimum Gasteiger partial charge on any atom is -0.298 e. The van der Waals surface area contributed by atoms with Gasteiger partial charge in [0.15, 0.2) is 5.13 Å². The molecule has 0 saturated carbocycles. The molecule has 0 atom stereocenters. The van der Waals surface area contributed by atoms with Gasteiger partial charge in [0.25, 0.3) is 0 Å². The number of thiazole rings is 1. The van der Waals surface area contributed by atoms with Crippen LogP contribution in [0.1, 0.15) is 10.4 Å². The number of carbonyl (C=O) groups is 1. The summed E-state index contributed by atoms with van der Waals surface area (Å²) in [5, 5.41) is 4.61. The van der Waals surface area contributed by atoms with Crippen molar-refractivity contribution < 1.29 is 4.79 Å². The van der Waals surface area contributed by atoms with Gasteiger partial charge < -0.3 is 0 Å². The van der Waals surface area contributed by atoms with Gasteiger partial charge in [-0.05, 0) is 36.8 Å². The lowest BCUT2D eigenvalue weighted by Gasteiger charge is -1.99. The van der Waals surface area contributed by atoms with Crippen molar-refractivity contribution in [1.29, 1.82) is 0 Å². The van der Waals surface area contributed by atoms with E-state index in [9.17, 15) is 4.79 Å². The molecule has 3 aromatic rings. The summed E-state index contributed by atoms with van der Waals surface area (Å²) in [6.07, 6.45) is 3.12. The van der Waals surface area contributed by atoms with Crippen LogP contribution in [-0.4, -0.2) is 10.9 Å². The van der Waals surface area contributed by atoms with Gasteiger partial charge in [0.1, 0.15) is 0 Å². The lowest BCUT2D eigenvalue weighted by Crippen LogP contribution is -2.07. The minimum atomic E-state index is -0.253. The van der Waals surface area contributed by atoms with Crippen molar-refractivity contribution in [3.8, 4) is 11.3 Å². The van der Waals surface area contributed by atoms with E-state index in [1.165, 1.54) is 17.4 Å². The largest absolute Gasteiger partial charge is 0.298 e. The fourth-order valence-electron chi connectivity index (χ4n) is 2.25. The van der Waals surface area contributed by atoms with Crippen molar-refractivity contribution in [2.24, 2.45) is 0 Å². The van der Waals surface area contributed by atoms with Gasteiger partial charge in [-0.1, -0.05) is 53.5 Å². The standard InChI is InChI=1S/C19H14Cl2N2OS/c1-12-18(14-6-9-15(20)10-7-14)23-19(25-12)22-17(24)11-8-13-4-2-3-5-16(13)21/h2-11H,1H3,(H,22,23,24). The van der Waals surface area contributed by atoms with Crippen molar-refractivity contribution in [3.05, 3.63) is 75.1 Å². The number of nitrogens with zero attached hydrogens (tertiary/aromatic N) is 1. The molecule has 1 aromatic heterocycles. The van der Waals surface area contributed by atoms with E-state index in [0.717, 1.165) is 21.7 Å². The Labute approximate surface area is 159 Å². The molecule has 0 unspecified atom stereocenters. The Bertz CT molecular complexity index is 933. The molecule has 3 nitrogen and oxygen atoms in total. The predicted molar refractivity (Wildman–Crippen MR) is 106 cm³/mol. The van der Waals surface area contributed by atoms with E-state index in [1.807, 2.05) is 49.4 Å². The summed E-state index contributed by atoms with van der Waals surface area (Å²) in [7, 11) is 0. The zero-order chi connectivity index (χ0) is 17.8. The van der Waals surface area contributed by atoms with Crippen LogP contribution in [0, 0.1) is 6.92 Å². The van der Waals surface area contributed by atoms with Crippen LogP contribution < -0.4 is 5.32 Å². The van der Waals surface area contributed by atoms with E-state index in [0.29, 0.717) is 15.2 Å². The highest BCUT2D eigenvalue weighted by molar-refractivity contribution is 7.16. The Balaban J connectivity index is 1.73. The van der Waals surface area contributed by atoms with Gasteiger partial charge in [0.05, 0.1) is 5.69 Å². The molecule has 25 heavy (non-hydrogen) atoms. The third-order valence-electron chi connectivity index (χ3n) is 3.46. The van der Waals surface area contributed by atoms with Crippen LogP contribution in [0.15, 0.2) is 54.6 Å². The number of aryl methyl sites for hydroxylation is 1. The maximum absolute atomic E-state index is 12.1. The second-order valence-electron chi connectivity index (χ2n) is 5.27. The third-order valence-corrected chi connectivity index (χ3v) is 4.95. The predicted octanol–water partition coefficient (Wildman–Crippen LogP) is 6.08. The average molecular weight is 389 g/mol. The summed E-state index contributed by atoms with van der Waals surface area (Å²) < 4.78 is 0. The summed E-state index contributed by atoms with van der Waals surface area (Å²) in [6.45, 7) is 1.97. The second kappa shape index (κ2) is 7.83. The highest BCUT2D eigenvalue weighted by atomic mass is 35.5. The van der Waals surface area contributed by atoms with Gasteiger partial charge in [-0.2, -0.15) is 0 Å². The number of hydrogen-bond acceptors (Lipinski definition) is 3. The molecule has 0 fully saturated rings. The van der Waals surface area contributed by atoms with Gasteiger partial charge >= 0.3 is 0 Å². The first kappa shape index (κ1) is 17.7. The number of anilines is 1. The molecule has 3 rings (SSSR count). The summed E-state index contributed by atoms with van der Waals surface area (Å²) in [4.78, 5) is 17.6. The van der Waals surface area contributed by atoms with Crippen molar-refractivity contribution in [2.75, 3.05) is 5.32 Å². The van der Waals surface area contributed by atoms with Crippen molar-refractivity contribution in [1.82, 2.24) is 4.98 Å². The molecule has 2 aromatic carbocycles. The monoisotopic (exact) mass is 388 g/mol. The lowest BCUT2D eigenvalue weighted by atomic mass is 10.1. The van der Waals surface area contributed by atoms with Gasteiger partial charge in [-0.15, -0.1) is 11.3 Å². The number of aromatic nitrogens is 1. The Hall–Kier alpha value is -2.14. The van der Waals surface area contributed by atoms with Crippen molar-refractivity contribution >= 4 is 51.7 Å². The van der Waals surface area contributed by atoms with Crippen LogP contribution in [0.25, 0.3) is 17.3 Å². The third kappa shape index (κ3) is 4.48. The molecule has 0 saturated heterocycles. The summed E-state index contributed by atoms with van der Waals surface area (Å²) >= 11 is 13.4. The maximum atomic E-state index is 12.1. The number of halogens is 2. The highest BCUT2D eigenvalue weighted by Crippen LogP contribution is 2.31. The van der Waals surface area contributed by atoms with Crippen molar-refractivity contribution in [3.63, 3.8) is 0 Å². The van der Waals surface area contributed by atoms with E-state index >= 15 is 0 Å². The summed E-state index contributed by atoms with van der Waals surface area (Å²) in [5.41, 5.74) is 2.59. The number of rotatable bonds is 4. The fraction of sp³-hybridized carbons (Fsp3) is 0.0526. The Morgan fingerprint density at radius 3 is 2.56 bits per heavy atom. The number of carbonyl (C=O) groups excluding carboxylic acids is 1. The first-order valence-electron chi connectivity index (χ1n) is 7.50. The normalized spacial score (nSPS) is 11.0. The Morgan fingerprint density at radius 1 is 1.12 bits per heavy atom. The molecule has 1 amide bonds. The first-order valence-corrected chi connectivity index (χ1v) is 9.07. The van der Waals surface area contributed by atoms with Crippen LogP contribution in [0.4, 0.5) is 5.13 Å². The molecule has 0 aliphatic rings. The number of amides is 1. The molecule has 1 heterocycles. The zero-order valence-electron chi connectivity index (χ0n) is 13.3. The highest BCUT2D eigenvalue weighted by Gasteiger charge is 2.11. The van der Waals surface area contributed by atoms with Gasteiger partial charge in [0, 0.05) is 26.6 Å². The van der Waals surface area contributed by atoms with E-state index < -0.39 is 0 Å². The van der Waals surface area contributed by atoms with Crippen molar-refractivity contribution in [2.45, 2.75) is 6.92 Å².